The summed E-state index contributed by atoms with van der Waals surface area (Å²) in [5.74, 6) is 4.98. The number of rotatable bonds is 1. The molecule has 0 N–H and O–H groups in total. The van der Waals surface area contributed by atoms with Crippen molar-refractivity contribution >= 4 is 0 Å². The minimum absolute atomic E-state index is 0.707. The molecule has 0 unspecified atom stereocenters. The molecule has 0 aromatic carbocycles. The molecule has 0 heterocycles. The summed E-state index contributed by atoms with van der Waals surface area (Å²) in [5.41, 5.74) is 2.17. The highest BCUT2D eigenvalue weighted by molar-refractivity contribution is 5.20. The number of allylic oxidation sites excluding steroid dienone is 1. The highest BCUT2D eigenvalue weighted by Crippen LogP contribution is 2.73. The van der Waals surface area contributed by atoms with Crippen LogP contribution < -0.4 is 0 Å². The highest BCUT2D eigenvalue weighted by Gasteiger charge is 2.66. The molecule has 0 bridgehead atoms. The molecule has 3 saturated carbocycles. The zero-order valence-corrected chi connectivity index (χ0v) is 10.4. The van der Waals surface area contributed by atoms with Crippen LogP contribution in [0, 0.1) is 35.0 Å². The zero-order chi connectivity index (χ0) is 10.8. The fourth-order valence-electron chi connectivity index (χ4n) is 5.44. The van der Waals surface area contributed by atoms with Crippen molar-refractivity contribution in [3.63, 3.8) is 0 Å². The van der Waals surface area contributed by atoms with Gasteiger partial charge in [-0.2, -0.15) is 0 Å². The van der Waals surface area contributed by atoms with Crippen LogP contribution in [0.15, 0.2) is 12.2 Å². The van der Waals surface area contributed by atoms with Crippen LogP contribution in [-0.4, -0.2) is 0 Å². The predicted octanol–water partition coefficient (Wildman–Crippen LogP) is 4.27. The molecule has 0 radical (unpaired) electrons. The topological polar surface area (TPSA) is 0 Å². The summed E-state index contributed by atoms with van der Waals surface area (Å²) in [6.45, 7) is 11.5. The lowest BCUT2D eigenvalue weighted by atomic mass is 9.47. The first-order valence-corrected chi connectivity index (χ1v) is 6.71. The van der Waals surface area contributed by atoms with Crippen LogP contribution in [0.2, 0.25) is 0 Å². The van der Waals surface area contributed by atoms with Gasteiger partial charge in [0.25, 0.3) is 0 Å². The van der Waals surface area contributed by atoms with E-state index in [1.165, 1.54) is 31.3 Å². The van der Waals surface area contributed by atoms with E-state index in [2.05, 4.69) is 27.4 Å². The quantitative estimate of drug-likeness (QED) is 0.559. The Hall–Kier alpha value is -0.260. The van der Waals surface area contributed by atoms with Crippen molar-refractivity contribution in [2.24, 2.45) is 35.0 Å². The van der Waals surface area contributed by atoms with Gasteiger partial charge in [0.05, 0.1) is 0 Å². The van der Waals surface area contributed by atoms with Crippen molar-refractivity contribution in [1.29, 1.82) is 0 Å². The zero-order valence-electron chi connectivity index (χ0n) is 10.4. The molecule has 0 heteroatoms. The minimum atomic E-state index is 0.707. The average molecular weight is 204 g/mol. The van der Waals surface area contributed by atoms with Crippen molar-refractivity contribution in [2.75, 3.05) is 0 Å². The number of fused-ring (bicyclic) bond motifs is 4. The summed E-state index contributed by atoms with van der Waals surface area (Å²) in [5, 5.41) is 0. The van der Waals surface area contributed by atoms with Crippen LogP contribution in [0.5, 0.6) is 0 Å². The van der Waals surface area contributed by atoms with Gasteiger partial charge in [-0.1, -0.05) is 32.4 Å². The van der Waals surface area contributed by atoms with Gasteiger partial charge in [0, 0.05) is 0 Å². The van der Waals surface area contributed by atoms with E-state index in [0.29, 0.717) is 5.41 Å². The van der Waals surface area contributed by atoms with Crippen LogP contribution >= 0.6 is 0 Å². The molecule has 0 aliphatic heterocycles. The monoisotopic (exact) mass is 204 g/mol. The molecule has 0 nitrogen and oxygen atoms in total. The van der Waals surface area contributed by atoms with E-state index in [1.54, 1.807) is 0 Å². The van der Waals surface area contributed by atoms with Crippen LogP contribution in [0.1, 0.15) is 46.5 Å². The Morgan fingerprint density at radius 3 is 2.67 bits per heavy atom. The summed E-state index contributed by atoms with van der Waals surface area (Å²) in [4.78, 5) is 0. The van der Waals surface area contributed by atoms with Gasteiger partial charge in [-0.15, -0.1) is 0 Å². The summed E-state index contributed by atoms with van der Waals surface area (Å²) in [6, 6.07) is 0. The second-order valence-corrected chi connectivity index (χ2v) is 6.76. The second-order valence-electron chi connectivity index (χ2n) is 6.76. The predicted molar refractivity (Wildman–Crippen MR) is 64.5 cm³/mol. The van der Waals surface area contributed by atoms with E-state index in [9.17, 15) is 0 Å². The van der Waals surface area contributed by atoms with Crippen LogP contribution in [0.3, 0.4) is 0 Å². The molecule has 0 saturated heterocycles. The van der Waals surface area contributed by atoms with Crippen LogP contribution in [0.4, 0.5) is 0 Å². The van der Waals surface area contributed by atoms with Crippen LogP contribution in [-0.2, 0) is 0 Å². The van der Waals surface area contributed by atoms with Gasteiger partial charge in [0.15, 0.2) is 0 Å². The second kappa shape index (κ2) is 2.90. The Labute approximate surface area is 94.1 Å². The average Bonchev–Trinajstić information content (AvgIpc) is 2.62. The SMILES string of the molecule is C=C(C)[C@@H]1CC[C@]2(C)[C@H]1[C@H]1[C@H](C)CC[C@H]12. The summed E-state index contributed by atoms with van der Waals surface area (Å²) < 4.78 is 0. The minimum Gasteiger partial charge on any atom is -0.0998 e. The Morgan fingerprint density at radius 2 is 2.00 bits per heavy atom. The normalized spacial score (nSPS) is 57.1. The van der Waals surface area contributed by atoms with Gasteiger partial charge in [-0.3, -0.25) is 0 Å². The Morgan fingerprint density at radius 1 is 1.27 bits per heavy atom. The third-order valence-electron chi connectivity index (χ3n) is 6.14. The van der Waals surface area contributed by atoms with E-state index >= 15 is 0 Å². The summed E-state index contributed by atoms with van der Waals surface area (Å²) in [7, 11) is 0. The van der Waals surface area contributed by atoms with Crippen LogP contribution in [0.25, 0.3) is 0 Å². The largest absolute Gasteiger partial charge is 0.0998 e. The molecule has 3 rings (SSSR count). The van der Waals surface area contributed by atoms with E-state index in [1.807, 2.05) is 0 Å². The lowest BCUT2D eigenvalue weighted by Crippen LogP contribution is -2.53. The fraction of sp³-hybridized carbons (Fsp3) is 0.867. The summed E-state index contributed by atoms with van der Waals surface area (Å²) in [6.07, 6.45) is 5.91. The van der Waals surface area contributed by atoms with Gasteiger partial charge in [-0.25, -0.2) is 0 Å². The number of hydrogen-bond donors (Lipinski definition) is 0. The maximum atomic E-state index is 4.23. The van der Waals surface area contributed by atoms with E-state index in [0.717, 1.165) is 29.6 Å². The van der Waals surface area contributed by atoms with Gasteiger partial charge in [-0.05, 0) is 61.2 Å². The third-order valence-corrected chi connectivity index (χ3v) is 6.14. The first kappa shape index (κ1) is 9.93. The molecule has 3 aliphatic carbocycles. The molecule has 3 aliphatic rings. The molecule has 0 spiro atoms. The third kappa shape index (κ3) is 1.04. The number of hydrogen-bond acceptors (Lipinski definition) is 0. The molecule has 15 heavy (non-hydrogen) atoms. The Balaban J connectivity index is 1.91. The first-order valence-electron chi connectivity index (χ1n) is 6.71. The molecule has 0 aromatic rings. The van der Waals surface area contributed by atoms with E-state index < -0.39 is 0 Å². The highest BCUT2D eigenvalue weighted by atomic mass is 14.7. The molecule has 0 amide bonds. The molecular weight excluding hydrogens is 180 g/mol. The van der Waals surface area contributed by atoms with Crippen molar-refractivity contribution in [3.05, 3.63) is 12.2 Å². The van der Waals surface area contributed by atoms with Crippen molar-refractivity contribution in [2.45, 2.75) is 46.5 Å². The van der Waals surface area contributed by atoms with Gasteiger partial charge in [0.2, 0.25) is 0 Å². The first-order chi connectivity index (χ1) is 7.05. The molecule has 0 aromatic heterocycles. The molecule has 84 valence electrons. The van der Waals surface area contributed by atoms with E-state index in [-0.39, 0.29) is 0 Å². The summed E-state index contributed by atoms with van der Waals surface area (Å²) >= 11 is 0. The van der Waals surface area contributed by atoms with Crippen molar-refractivity contribution in [3.8, 4) is 0 Å². The molecule has 6 atom stereocenters. The fourth-order valence-corrected chi connectivity index (χ4v) is 5.44. The Bertz CT molecular complexity index is 303. The van der Waals surface area contributed by atoms with Gasteiger partial charge >= 0.3 is 0 Å². The molecular formula is C15H24. The standard InChI is InChI=1S/C15H24/c1-9(2)11-7-8-15(4)12-6-5-10(3)13(12)14(11)15/h10-14H,1,5-8H2,2-4H3/t10-,11+,12-,13+,14-,15+/m1/s1. The maximum Gasteiger partial charge on any atom is -0.0172 e. The smallest absolute Gasteiger partial charge is 0.0172 e. The van der Waals surface area contributed by atoms with Gasteiger partial charge in [0.1, 0.15) is 0 Å². The maximum absolute atomic E-state index is 4.23. The van der Waals surface area contributed by atoms with Crippen molar-refractivity contribution in [1.82, 2.24) is 0 Å². The Kier molecular flexibility index (Phi) is 1.92. The van der Waals surface area contributed by atoms with Crippen molar-refractivity contribution < 1.29 is 0 Å². The van der Waals surface area contributed by atoms with Gasteiger partial charge < -0.3 is 0 Å². The lowest BCUT2D eigenvalue weighted by molar-refractivity contribution is -0.0940. The van der Waals surface area contributed by atoms with E-state index in [4.69, 9.17) is 0 Å². The lowest BCUT2D eigenvalue weighted by Gasteiger charge is -2.57. The molecule has 3 fully saturated rings.